The number of rotatable bonds is 5. The Labute approximate surface area is 99.4 Å². The van der Waals surface area contributed by atoms with Gasteiger partial charge in [0.25, 0.3) is 0 Å². The summed E-state index contributed by atoms with van der Waals surface area (Å²) in [6.45, 7) is 11.2. The fourth-order valence-electron chi connectivity index (χ4n) is 1.77. The van der Waals surface area contributed by atoms with Gasteiger partial charge in [-0.1, -0.05) is 6.92 Å². The molecule has 0 spiro atoms. The van der Waals surface area contributed by atoms with Crippen LogP contribution < -0.4 is 10.6 Å². The molecule has 1 saturated carbocycles. The van der Waals surface area contributed by atoms with Gasteiger partial charge in [-0.15, -0.1) is 0 Å². The summed E-state index contributed by atoms with van der Waals surface area (Å²) in [6, 6.07) is -0.0968. The third-order valence-electron chi connectivity index (χ3n) is 3.06. The van der Waals surface area contributed by atoms with E-state index in [1.54, 1.807) is 0 Å². The van der Waals surface area contributed by atoms with E-state index in [9.17, 15) is 4.79 Å². The van der Waals surface area contributed by atoms with Gasteiger partial charge < -0.3 is 10.6 Å². The molecule has 0 saturated heterocycles. The van der Waals surface area contributed by atoms with Gasteiger partial charge in [-0.2, -0.15) is 0 Å². The Kier molecular flexibility index (Phi) is 4.36. The molecular formula is C13H26N2O. The molecule has 0 aromatic rings. The van der Waals surface area contributed by atoms with Crippen LogP contribution in [-0.4, -0.2) is 24.0 Å². The minimum absolute atomic E-state index is 0.0931. The Hall–Kier alpha value is -0.570. The van der Waals surface area contributed by atoms with Crippen molar-refractivity contribution in [1.82, 2.24) is 10.6 Å². The highest BCUT2D eigenvalue weighted by atomic mass is 16.2. The lowest BCUT2D eigenvalue weighted by molar-refractivity contribution is -0.124. The Morgan fingerprint density at radius 1 is 1.31 bits per heavy atom. The summed E-state index contributed by atoms with van der Waals surface area (Å²) in [6.07, 6.45) is 2.73. The van der Waals surface area contributed by atoms with E-state index in [0.29, 0.717) is 5.92 Å². The first-order chi connectivity index (χ1) is 7.29. The minimum atomic E-state index is -0.144. The standard InChI is InChI=1S/C13H26N2O/c1-9(11-6-7-11)8-14-10(2)12(16)15-13(3,4)5/h9-11,14H,6-8H2,1-5H3,(H,15,16). The molecule has 3 heteroatoms. The van der Waals surface area contributed by atoms with Gasteiger partial charge in [0.15, 0.2) is 0 Å². The molecule has 1 amide bonds. The molecule has 1 aliphatic carbocycles. The van der Waals surface area contributed by atoms with E-state index in [2.05, 4.69) is 17.6 Å². The van der Waals surface area contributed by atoms with Gasteiger partial charge in [-0.05, 0) is 58.9 Å². The minimum Gasteiger partial charge on any atom is -0.350 e. The second-order valence-corrected chi connectivity index (χ2v) is 6.18. The van der Waals surface area contributed by atoms with Gasteiger partial charge in [-0.3, -0.25) is 4.79 Å². The molecule has 1 rings (SSSR count). The van der Waals surface area contributed by atoms with Crippen molar-refractivity contribution in [2.75, 3.05) is 6.54 Å². The van der Waals surface area contributed by atoms with Gasteiger partial charge in [0.1, 0.15) is 0 Å². The van der Waals surface area contributed by atoms with Gasteiger partial charge in [-0.25, -0.2) is 0 Å². The maximum Gasteiger partial charge on any atom is 0.237 e. The Morgan fingerprint density at radius 2 is 1.88 bits per heavy atom. The van der Waals surface area contributed by atoms with Gasteiger partial charge in [0, 0.05) is 5.54 Å². The zero-order chi connectivity index (χ0) is 12.3. The maximum atomic E-state index is 11.8. The van der Waals surface area contributed by atoms with E-state index in [0.717, 1.165) is 12.5 Å². The predicted molar refractivity (Wildman–Crippen MR) is 67.2 cm³/mol. The maximum absolute atomic E-state index is 11.8. The van der Waals surface area contributed by atoms with Crippen LogP contribution in [0.2, 0.25) is 0 Å². The van der Waals surface area contributed by atoms with Crippen molar-refractivity contribution in [3.05, 3.63) is 0 Å². The number of carbonyl (C=O) groups excluding carboxylic acids is 1. The van der Waals surface area contributed by atoms with Crippen LogP contribution in [0.15, 0.2) is 0 Å². The molecule has 0 radical (unpaired) electrons. The average molecular weight is 226 g/mol. The SMILES string of the molecule is CC(NCC(C)C1CC1)C(=O)NC(C)(C)C. The molecule has 94 valence electrons. The van der Waals surface area contributed by atoms with Crippen molar-refractivity contribution >= 4 is 5.91 Å². The monoisotopic (exact) mass is 226 g/mol. The number of hydrogen-bond donors (Lipinski definition) is 2. The molecular weight excluding hydrogens is 200 g/mol. The third-order valence-corrected chi connectivity index (χ3v) is 3.06. The van der Waals surface area contributed by atoms with Gasteiger partial charge >= 0.3 is 0 Å². The molecule has 2 unspecified atom stereocenters. The highest BCUT2D eigenvalue weighted by Crippen LogP contribution is 2.36. The first kappa shape index (κ1) is 13.5. The van der Waals surface area contributed by atoms with E-state index in [1.807, 2.05) is 27.7 Å². The van der Waals surface area contributed by atoms with Crippen LogP contribution in [-0.2, 0) is 4.79 Å². The van der Waals surface area contributed by atoms with Crippen molar-refractivity contribution in [2.45, 2.75) is 59.0 Å². The van der Waals surface area contributed by atoms with Gasteiger partial charge in [0.2, 0.25) is 5.91 Å². The zero-order valence-corrected chi connectivity index (χ0v) is 11.3. The molecule has 0 heterocycles. The second-order valence-electron chi connectivity index (χ2n) is 6.18. The van der Waals surface area contributed by atoms with Crippen LogP contribution in [0.5, 0.6) is 0 Å². The van der Waals surface area contributed by atoms with Crippen LogP contribution in [0, 0.1) is 11.8 Å². The Balaban J connectivity index is 2.22. The quantitative estimate of drug-likeness (QED) is 0.752. The van der Waals surface area contributed by atoms with E-state index in [1.165, 1.54) is 12.8 Å². The van der Waals surface area contributed by atoms with Crippen molar-refractivity contribution in [3.63, 3.8) is 0 Å². The molecule has 0 bridgehead atoms. The van der Waals surface area contributed by atoms with E-state index < -0.39 is 0 Å². The van der Waals surface area contributed by atoms with Crippen LogP contribution in [0.4, 0.5) is 0 Å². The molecule has 1 fully saturated rings. The molecule has 2 atom stereocenters. The highest BCUT2D eigenvalue weighted by molar-refractivity contribution is 5.81. The van der Waals surface area contributed by atoms with Crippen molar-refractivity contribution < 1.29 is 4.79 Å². The molecule has 0 aliphatic heterocycles. The first-order valence-electron chi connectivity index (χ1n) is 6.35. The lowest BCUT2D eigenvalue weighted by atomic mass is 10.1. The number of nitrogens with one attached hydrogen (secondary N) is 2. The molecule has 16 heavy (non-hydrogen) atoms. The smallest absolute Gasteiger partial charge is 0.237 e. The molecule has 3 nitrogen and oxygen atoms in total. The largest absolute Gasteiger partial charge is 0.350 e. The number of hydrogen-bond acceptors (Lipinski definition) is 2. The highest BCUT2D eigenvalue weighted by Gasteiger charge is 2.28. The van der Waals surface area contributed by atoms with Gasteiger partial charge in [0.05, 0.1) is 6.04 Å². The predicted octanol–water partition coefficient (Wildman–Crippen LogP) is 1.93. The lowest BCUT2D eigenvalue weighted by Gasteiger charge is -2.24. The first-order valence-corrected chi connectivity index (χ1v) is 6.35. The normalized spacial score (nSPS) is 20.3. The Morgan fingerprint density at radius 3 is 2.31 bits per heavy atom. The molecule has 2 N–H and O–H groups in total. The second kappa shape index (κ2) is 5.17. The Bertz CT molecular complexity index is 241. The summed E-state index contributed by atoms with van der Waals surface area (Å²) < 4.78 is 0. The number of amides is 1. The average Bonchev–Trinajstić information content (AvgIpc) is 2.93. The van der Waals surface area contributed by atoms with Crippen LogP contribution in [0.1, 0.15) is 47.5 Å². The van der Waals surface area contributed by atoms with Crippen molar-refractivity contribution in [1.29, 1.82) is 0 Å². The fraction of sp³-hybridized carbons (Fsp3) is 0.923. The van der Waals surface area contributed by atoms with E-state index >= 15 is 0 Å². The molecule has 0 aromatic heterocycles. The summed E-state index contributed by atoms with van der Waals surface area (Å²) >= 11 is 0. The van der Waals surface area contributed by atoms with E-state index in [4.69, 9.17) is 0 Å². The summed E-state index contributed by atoms with van der Waals surface area (Å²) in [7, 11) is 0. The van der Waals surface area contributed by atoms with Crippen LogP contribution in [0.3, 0.4) is 0 Å². The summed E-state index contributed by atoms with van der Waals surface area (Å²) in [5, 5.41) is 6.30. The summed E-state index contributed by atoms with van der Waals surface area (Å²) in [5.41, 5.74) is -0.144. The van der Waals surface area contributed by atoms with E-state index in [-0.39, 0.29) is 17.5 Å². The fourth-order valence-corrected chi connectivity index (χ4v) is 1.77. The number of carbonyl (C=O) groups is 1. The zero-order valence-electron chi connectivity index (χ0n) is 11.3. The summed E-state index contributed by atoms with van der Waals surface area (Å²) in [4.78, 5) is 11.8. The van der Waals surface area contributed by atoms with Crippen LogP contribution in [0.25, 0.3) is 0 Å². The van der Waals surface area contributed by atoms with Crippen molar-refractivity contribution in [2.24, 2.45) is 11.8 Å². The van der Waals surface area contributed by atoms with Crippen molar-refractivity contribution in [3.8, 4) is 0 Å². The topological polar surface area (TPSA) is 41.1 Å². The van der Waals surface area contributed by atoms with Crippen LogP contribution >= 0.6 is 0 Å². The summed E-state index contributed by atoms with van der Waals surface area (Å²) in [5.74, 6) is 1.69. The lowest BCUT2D eigenvalue weighted by Crippen LogP contribution is -2.50. The molecule has 1 aliphatic rings. The molecule has 0 aromatic carbocycles. The third kappa shape index (κ3) is 4.97.